The summed E-state index contributed by atoms with van der Waals surface area (Å²) in [5.41, 5.74) is 1.49. The highest BCUT2D eigenvalue weighted by atomic mass is 16.5. The van der Waals surface area contributed by atoms with Gasteiger partial charge in [-0.05, 0) is 48.9 Å². The lowest BCUT2D eigenvalue weighted by Gasteiger charge is -2.10. The average Bonchev–Trinajstić information content (AvgIpc) is 2.54. The number of aromatic nitrogens is 2. The van der Waals surface area contributed by atoms with Gasteiger partial charge in [0.2, 0.25) is 0 Å². The Bertz CT molecular complexity index is 883. The van der Waals surface area contributed by atoms with E-state index in [1.54, 1.807) is 44.7 Å². The van der Waals surface area contributed by atoms with Crippen LogP contribution in [0.3, 0.4) is 0 Å². The van der Waals surface area contributed by atoms with E-state index in [-0.39, 0.29) is 5.56 Å². The molecule has 3 rings (SSSR count). The van der Waals surface area contributed by atoms with Crippen LogP contribution in [0.1, 0.15) is 5.56 Å². The van der Waals surface area contributed by atoms with Crippen molar-refractivity contribution in [1.82, 2.24) is 9.78 Å². The van der Waals surface area contributed by atoms with E-state index < -0.39 is 0 Å². The maximum Gasteiger partial charge on any atom is 0.283 e. The Morgan fingerprint density at radius 1 is 1.05 bits per heavy atom. The molecule has 0 saturated heterocycles. The van der Waals surface area contributed by atoms with Crippen molar-refractivity contribution in [3.8, 4) is 17.2 Å². The molecule has 0 N–H and O–H groups in total. The van der Waals surface area contributed by atoms with Crippen LogP contribution < -0.4 is 15.0 Å². The van der Waals surface area contributed by atoms with Crippen LogP contribution in [0.15, 0.2) is 47.4 Å². The van der Waals surface area contributed by atoms with E-state index >= 15 is 0 Å². The van der Waals surface area contributed by atoms with Gasteiger partial charge in [-0.3, -0.25) is 4.79 Å². The van der Waals surface area contributed by atoms with Crippen molar-refractivity contribution in [2.24, 2.45) is 0 Å². The largest absolute Gasteiger partial charge is 0.497 e. The molecule has 0 radical (unpaired) electrons. The molecule has 1 heterocycles. The average molecular weight is 296 g/mol. The molecule has 22 heavy (non-hydrogen) atoms. The van der Waals surface area contributed by atoms with Crippen LogP contribution in [-0.4, -0.2) is 24.0 Å². The third kappa shape index (κ3) is 2.30. The van der Waals surface area contributed by atoms with Crippen LogP contribution >= 0.6 is 0 Å². The van der Waals surface area contributed by atoms with Crippen LogP contribution in [0.25, 0.3) is 16.5 Å². The maximum atomic E-state index is 12.8. The molecule has 0 aliphatic carbocycles. The number of rotatable bonds is 3. The predicted octanol–water partition coefficient (Wildman–Crippen LogP) is 2.71. The first-order valence-corrected chi connectivity index (χ1v) is 6.85. The second kappa shape index (κ2) is 5.52. The smallest absolute Gasteiger partial charge is 0.283 e. The molecule has 0 fully saturated rings. The molecule has 0 aliphatic heterocycles. The molecule has 0 atom stereocenters. The molecule has 0 unspecified atom stereocenters. The zero-order valence-electron chi connectivity index (χ0n) is 12.7. The van der Waals surface area contributed by atoms with Crippen LogP contribution in [-0.2, 0) is 0 Å². The molecular weight excluding hydrogens is 280 g/mol. The summed E-state index contributed by atoms with van der Waals surface area (Å²) in [7, 11) is 3.16. The molecule has 0 bridgehead atoms. The Balaban J connectivity index is 2.25. The lowest BCUT2D eigenvalue weighted by atomic mass is 10.1. The summed E-state index contributed by atoms with van der Waals surface area (Å²) in [5, 5.41) is 5.55. The van der Waals surface area contributed by atoms with Crippen molar-refractivity contribution < 1.29 is 9.47 Å². The summed E-state index contributed by atoms with van der Waals surface area (Å²) in [5.74, 6) is 1.29. The highest BCUT2D eigenvalue weighted by Gasteiger charge is 2.11. The fourth-order valence-electron chi connectivity index (χ4n) is 2.46. The first kappa shape index (κ1) is 14.1. The topological polar surface area (TPSA) is 53.4 Å². The van der Waals surface area contributed by atoms with Crippen molar-refractivity contribution in [3.05, 3.63) is 58.5 Å². The Kier molecular flexibility index (Phi) is 3.55. The summed E-state index contributed by atoms with van der Waals surface area (Å²) >= 11 is 0. The van der Waals surface area contributed by atoms with E-state index in [9.17, 15) is 4.79 Å². The summed E-state index contributed by atoms with van der Waals surface area (Å²) < 4.78 is 11.8. The van der Waals surface area contributed by atoms with Crippen molar-refractivity contribution in [2.75, 3.05) is 14.2 Å². The lowest BCUT2D eigenvalue weighted by molar-refractivity contribution is 0.414. The third-order valence-electron chi connectivity index (χ3n) is 3.53. The zero-order chi connectivity index (χ0) is 15.7. The maximum absolute atomic E-state index is 12.8. The quantitative estimate of drug-likeness (QED) is 0.745. The van der Waals surface area contributed by atoms with Crippen molar-refractivity contribution in [3.63, 3.8) is 0 Å². The monoisotopic (exact) mass is 296 g/mol. The fourth-order valence-corrected chi connectivity index (χ4v) is 2.46. The molecule has 0 aliphatic rings. The van der Waals surface area contributed by atoms with Gasteiger partial charge in [0.25, 0.3) is 5.56 Å². The van der Waals surface area contributed by atoms with Crippen LogP contribution in [0.2, 0.25) is 0 Å². The molecule has 0 saturated carbocycles. The standard InChI is InChI=1S/C17H16N2O3/c1-11-8-12-10-18-19(13-4-6-14(21-2)7-5-13)17(20)16(12)15(9-11)22-3/h4-10H,1-3H3. The predicted molar refractivity (Wildman–Crippen MR) is 85.2 cm³/mol. The Hall–Kier alpha value is -2.82. The van der Waals surface area contributed by atoms with Gasteiger partial charge in [0.1, 0.15) is 11.5 Å². The molecule has 0 amide bonds. The molecule has 5 nitrogen and oxygen atoms in total. The van der Waals surface area contributed by atoms with E-state index in [0.717, 1.165) is 16.7 Å². The molecule has 112 valence electrons. The number of hydrogen-bond donors (Lipinski definition) is 0. The fraction of sp³-hybridized carbons (Fsp3) is 0.176. The van der Waals surface area contributed by atoms with Gasteiger partial charge in [0.15, 0.2) is 0 Å². The van der Waals surface area contributed by atoms with Gasteiger partial charge < -0.3 is 9.47 Å². The van der Waals surface area contributed by atoms with Gasteiger partial charge >= 0.3 is 0 Å². The van der Waals surface area contributed by atoms with Crippen molar-refractivity contribution in [1.29, 1.82) is 0 Å². The first-order chi connectivity index (χ1) is 10.6. The van der Waals surface area contributed by atoms with Gasteiger partial charge in [-0.1, -0.05) is 0 Å². The van der Waals surface area contributed by atoms with E-state index in [4.69, 9.17) is 9.47 Å². The van der Waals surface area contributed by atoms with E-state index in [2.05, 4.69) is 5.10 Å². The van der Waals surface area contributed by atoms with Crippen LogP contribution in [0.5, 0.6) is 11.5 Å². The number of methoxy groups -OCH3 is 2. The zero-order valence-corrected chi connectivity index (χ0v) is 12.7. The second-order valence-electron chi connectivity index (χ2n) is 4.99. The van der Waals surface area contributed by atoms with Crippen molar-refractivity contribution >= 4 is 10.8 Å². The van der Waals surface area contributed by atoms with Gasteiger partial charge in [-0.2, -0.15) is 9.78 Å². The van der Waals surface area contributed by atoms with E-state index in [1.807, 2.05) is 19.1 Å². The minimum atomic E-state index is -0.209. The summed E-state index contributed by atoms with van der Waals surface area (Å²) in [6.07, 6.45) is 1.68. The summed E-state index contributed by atoms with van der Waals surface area (Å²) in [4.78, 5) is 12.8. The number of aryl methyl sites for hydroxylation is 1. The molecule has 2 aromatic carbocycles. The van der Waals surface area contributed by atoms with E-state index in [1.165, 1.54) is 4.68 Å². The first-order valence-electron chi connectivity index (χ1n) is 6.85. The van der Waals surface area contributed by atoms with E-state index in [0.29, 0.717) is 16.8 Å². The summed E-state index contributed by atoms with van der Waals surface area (Å²) in [6.45, 7) is 1.96. The van der Waals surface area contributed by atoms with Gasteiger partial charge in [-0.15, -0.1) is 0 Å². The molecular formula is C17H16N2O3. The molecule has 5 heteroatoms. The lowest BCUT2D eigenvalue weighted by Crippen LogP contribution is -2.21. The number of benzene rings is 2. The Morgan fingerprint density at radius 3 is 2.41 bits per heavy atom. The Morgan fingerprint density at radius 2 is 1.77 bits per heavy atom. The number of fused-ring (bicyclic) bond motifs is 1. The highest BCUT2D eigenvalue weighted by molar-refractivity contribution is 5.87. The molecule has 0 spiro atoms. The molecule has 3 aromatic rings. The number of hydrogen-bond acceptors (Lipinski definition) is 4. The van der Waals surface area contributed by atoms with Crippen LogP contribution in [0.4, 0.5) is 0 Å². The molecule has 1 aromatic heterocycles. The summed E-state index contributed by atoms with van der Waals surface area (Å²) in [6, 6.07) is 10.9. The minimum Gasteiger partial charge on any atom is -0.497 e. The SMILES string of the molecule is COc1ccc(-n2ncc3cc(C)cc(OC)c3c2=O)cc1. The Labute approximate surface area is 127 Å². The number of ether oxygens (including phenoxy) is 2. The highest BCUT2D eigenvalue weighted by Crippen LogP contribution is 2.24. The number of nitrogens with zero attached hydrogens (tertiary/aromatic N) is 2. The van der Waals surface area contributed by atoms with Crippen LogP contribution in [0, 0.1) is 6.92 Å². The second-order valence-corrected chi connectivity index (χ2v) is 4.99. The third-order valence-corrected chi connectivity index (χ3v) is 3.53. The van der Waals surface area contributed by atoms with Gasteiger partial charge in [0.05, 0.1) is 31.5 Å². The minimum absolute atomic E-state index is 0.209. The normalized spacial score (nSPS) is 10.7. The van der Waals surface area contributed by atoms with Crippen molar-refractivity contribution in [2.45, 2.75) is 6.92 Å². The van der Waals surface area contributed by atoms with Gasteiger partial charge in [-0.25, -0.2) is 0 Å². The van der Waals surface area contributed by atoms with Gasteiger partial charge in [0, 0.05) is 5.39 Å².